The van der Waals surface area contributed by atoms with Gasteiger partial charge in [-0.05, 0) is 6.07 Å². The number of pyridine rings is 1. The SMILES string of the molecule is COC(=O)CNC(=O)c1c(O)c2ccoc2c2ncnn12. The number of esters is 1. The predicted octanol–water partition coefficient (Wildman–Crippen LogP) is 0.0839. The largest absolute Gasteiger partial charge is 0.505 e. The summed E-state index contributed by atoms with van der Waals surface area (Å²) >= 11 is 0. The summed E-state index contributed by atoms with van der Waals surface area (Å²) in [4.78, 5) is 27.2. The summed E-state index contributed by atoms with van der Waals surface area (Å²) in [6.07, 6.45) is 2.60. The summed E-state index contributed by atoms with van der Waals surface area (Å²) in [6, 6.07) is 1.51. The zero-order valence-electron chi connectivity index (χ0n) is 10.9. The van der Waals surface area contributed by atoms with E-state index in [1.165, 1.54) is 25.8 Å². The Bertz CT molecular complexity index is 850. The van der Waals surface area contributed by atoms with Crippen LogP contribution in [-0.2, 0) is 9.53 Å². The fraction of sp³-hybridized carbons (Fsp3) is 0.167. The van der Waals surface area contributed by atoms with Crippen LogP contribution in [0.4, 0.5) is 0 Å². The zero-order chi connectivity index (χ0) is 15.0. The molecule has 3 aromatic rings. The van der Waals surface area contributed by atoms with Crippen molar-refractivity contribution in [3.63, 3.8) is 0 Å². The molecule has 0 saturated carbocycles. The van der Waals surface area contributed by atoms with Gasteiger partial charge in [0, 0.05) is 0 Å². The van der Waals surface area contributed by atoms with Crippen LogP contribution in [0.3, 0.4) is 0 Å². The molecule has 3 aromatic heterocycles. The number of nitrogens with zero attached hydrogens (tertiary/aromatic N) is 3. The molecular weight excluding hydrogens is 280 g/mol. The Hall–Kier alpha value is -3.10. The van der Waals surface area contributed by atoms with E-state index in [1.807, 2.05) is 0 Å². The average molecular weight is 290 g/mol. The molecule has 3 rings (SSSR count). The standard InChI is InChI=1S/C12H10N4O5/c1-20-7(17)4-13-12(19)8-9(18)6-2-3-21-10(6)11-14-5-15-16(8)11/h2-3,5,18H,4H2,1H3,(H,13,19). The maximum Gasteiger partial charge on any atom is 0.325 e. The van der Waals surface area contributed by atoms with Crippen LogP contribution in [-0.4, -0.2) is 45.2 Å². The number of carbonyl (C=O) groups is 2. The summed E-state index contributed by atoms with van der Waals surface area (Å²) in [7, 11) is 1.21. The summed E-state index contributed by atoms with van der Waals surface area (Å²) in [5.74, 6) is -1.60. The summed E-state index contributed by atoms with van der Waals surface area (Å²) in [5.41, 5.74) is 0.464. The third-order valence-corrected chi connectivity index (χ3v) is 2.94. The lowest BCUT2D eigenvalue weighted by atomic mass is 10.2. The summed E-state index contributed by atoms with van der Waals surface area (Å²) in [6.45, 7) is -0.325. The van der Waals surface area contributed by atoms with Crippen LogP contribution in [0.5, 0.6) is 5.75 Å². The van der Waals surface area contributed by atoms with Crippen molar-refractivity contribution in [3.05, 3.63) is 24.4 Å². The van der Waals surface area contributed by atoms with E-state index < -0.39 is 11.9 Å². The van der Waals surface area contributed by atoms with Crippen molar-refractivity contribution in [1.82, 2.24) is 19.9 Å². The number of carbonyl (C=O) groups excluding carboxylic acids is 2. The van der Waals surface area contributed by atoms with Gasteiger partial charge in [0.25, 0.3) is 5.91 Å². The van der Waals surface area contributed by atoms with Crippen molar-refractivity contribution in [2.75, 3.05) is 13.7 Å². The van der Waals surface area contributed by atoms with E-state index in [-0.39, 0.29) is 23.6 Å². The number of methoxy groups -OCH3 is 1. The van der Waals surface area contributed by atoms with Crippen LogP contribution >= 0.6 is 0 Å². The zero-order valence-corrected chi connectivity index (χ0v) is 10.9. The quantitative estimate of drug-likeness (QED) is 0.656. The van der Waals surface area contributed by atoms with Gasteiger partial charge in [-0.2, -0.15) is 5.10 Å². The highest BCUT2D eigenvalue weighted by atomic mass is 16.5. The van der Waals surface area contributed by atoms with E-state index in [0.29, 0.717) is 11.0 Å². The van der Waals surface area contributed by atoms with Gasteiger partial charge < -0.3 is 19.6 Å². The molecule has 0 fully saturated rings. The molecule has 108 valence electrons. The number of amides is 1. The third kappa shape index (κ3) is 1.95. The molecule has 0 bridgehead atoms. The van der Waals surface area contributed by atoms with Gasteiger partial charge in [0.2, 0.25) is 0 Å². The second kappa shape index (κ2) is 4.78. The Morgan fingerprint density at radius 3 is 3.10 bits per heavy atom. The molecular formula is C12H10N4O5. The maximum atomic E-state index is 12.2. The van der Waals surface area contributed by atoms with Gasteiger partial charge in [0.1, 0.15) is 12.9 Å². The molecule has 0 radical (unpaired) electrons. The molecule has 0 aliphatic carbocycles. The van der Waals surface area contributed by atoms with Crippen molar-refractivity contribution >= 4 is 28.5 Å². The van der Waals surface area contributed by atoms with E-state index in [9.17, 15) is 14.7 Å². The highest BCUT2D eigenvalue weighted by Gasteiger charge is 2.23. The van der Waals surface area contributed by atoms with Crippen molar-refractivity contribution in [1.29, 1.82) is 0 Å². The topological polar surface area (TPSA) is 119 Å². The molecule has 21 heavy (non-hydrogen) atoms. The van der Waals surface area contributed by atoms with Crippen LogP contribution in [0.25, 0.3) is 16.6 Å². The van der Waals surface area contributed by atoms with E-state index in [1.54, 1.807) is 0 Å². The summed E-state index contributed by atoms with van der Waals surface area (Å²) < 4.78 is 10.8. The number of hydrogen-bond acceptors (Lipinski definition) is 7. The highest BCUT2D eigenvalue weighted by Crippen LogP contribution is 2.31. The molecule has 1 amide bonds. The fourth-order valence-corrected chi connectivity index (χ4v) is 1.97. The fourth-order valence-electron chi connectivity index (χ4n) is 1.97. The lowest BCUT2D eigenvalue weighted by Crippen LogP contribution is -2.31. The molecule has 9 heteroatoms. The number of furan rings is 1. The van der Waals surface area contributed by atoms with Gasteiger partial charge in [-0.25, -0.2) is 9.50 Å². The van der Waals surface area contributed by atoms with Crippen molar-refractivity contribution in [2.24, 2.45) is 0 Å². The lowest BCUT2D eigenvalue weighted by molar-refractivity contribution is -0.139. The molecule has 0 atom stereocenters. The Morgan fingerprint density at radius 2 is 2.33 bits per heavy atom. The minimum absolute atomic E-state index is 0.139. The van der Waals surface area contributed by atoms with Crippen LogP contribution < -0.4 is 5.32 Å². The third-order valence-electron chi connectivity index (χ3n) is 2.94. The van der Waals surface area contributed by atoms with E-state index in [4.69, 9.17) is 4.42 Å². The molecule has 0 aliphatic heterocycles. The Morgan fingerprint density at radius 1 is 1.52 bits per heavy atom. The number of ether oxygens (including phenoxy) is 1. The number of nitrogens with one attached hydrogen (secondary N) is 1. The summed E-state index contributed by atoms with van der Waals surface area (Å²) in [5, 5.41) is 16.8. The van der Waals surface area contributed by atoms with Gasteiger partial charge in [-0.15, -0.1) is 0 Å². The van der Waals surface area contributed by atoms with Crippen molar-refractivity contribution in [3.8, 4) is 5.75 Å². The number of hydrogen-bond donors (Lipinski definition) is 2. The van der Waals surface area contributed by atoms with Gasteiger partial charge in [0.05, 0.1) is 18.8 Å². The van der Waals surface area contributed by atoms with Crippen LogP contribution in [0.2, 0.25) is 0 Å². The molecule has 9 nitrogen and oxygen atoms in total. The second-order valence-electron chi connectivity index (χ2n) is 4.11. The first-order valence-electron chi connectivity index (χ1n) is 5.90. The number of rotatable bonds is 3. The van der Waals surface area contributed by atoms with Gasteiger partial charge >= 0.3 is 5.97 Å². The van der Waals surface area contributed by atoms with E-state index in [0.717, 1.165) is 4.52 Å². The number of fused-ring (bicyclic) bond motifs is 3. The van der Waals surface area contributed by atoms with E-state index >= 15 is 0 Å². The first-order chi connectivity index (χ1) is 10.1. The highest BCUT2D eigenvalue weighted by molar-refractivity contribution is 6.05. The Balaban J connectivity index is 2.11. The first kappa shape index (κ1) is 12.9. The minimum Gasteiger partial charge on any atom is -0.505 e. The van der Waals surface area contributed by atoms with Crippen molar-refractivity contribution < 1.29 is 23.8 Å². The van der Waals surface area contributed by atoms with E-state index in [2.05, 4.69) is 20.1 Å². The van der Waals surface area contributed by atoms with Crippen molar-refractivity contribution in [2.45, 2.75) is 0 Å². The predicted molar refractivity (Wildman–Crippen MR) is 68.8 cm³/mol. The molecule has 2 N–H and O–H groups in total. The number of aromatic nitrogens is 3. The van der Waals surface area contributed by atoms with Gasteiger partial charge in [-0.3, -0.25) is 9.59 Å². The minimum atomic E-state index is -0.684. The smallest absolute Gasteiger partial charge is 0.325 e. The molecule has 0 unspecified atom stereocenters. The molecule has 0 aromatic carbocycles. The maximum absolute atomic E-state index is 12.2. The molecule has 3 heterocycles. The first-order valence-corrected chi connectivity index (χ1v) is 5.90. The van der Waals surface area contributed by atoms with Crippen LogP contribution in [0.15, 0.2) is 23.1 Å². The van der Waals surface area contributed by atoms with Crippen LogP contribution in [0.1, 0.15) is 10.5 Å². The monoisotopic (exact) mass is 290 g/mol. The Kier molecular flexibility index (Phi) is 2.94. The second-order valence-corrected chi connectivity index (χ2v) is 4.11. The van der Waals surface area contributed by atoms with Gasteiger partial charge in [0.15, 0.2) is 22.7 Å². The molecule has 0 aliphatic rings. The molecule has 0 saturated heterocycles. The Labute approximate surface area is 117 Å². The lowest BCUT2D eigenvalue weighted by Gasteiger charge is -2.08. The van der Waals surface area contributed by atoms with Crippen LogP contribution in [0, 0.1) is 0 Å². The number of aromatic hydroxyl groups is 1. The average Bonchev–Trinajstić information content (AvgIpc) is 3.12. The normalized spacial score (nSPS) is 10.9. The van der Waals surface area contributed by atoms with Gasteiger partial charge in [-0.1, -0.05) is 0 Å². The molecule has 0 spiro atoms.